The fraction of sp³-hybridized carbons (Fsp3) is 1.00. The molecule has 0 radical (unpaired) electrons. The summed E-state index contributed by atoms with van der Waals surface area (Å²) in [4.78, 5) is 0. The van der Waals surface area contributed by atoms with Gasteiger partial charge in [0.2, 0.25) is 0 Å². The van der Waals surface area contributed by atoms with E-state index in [1.54, 1.807) is 0 Å². The topological polar surface area (TPSA) is 0 Å². The van der Waals surface area contributed by atoms with Gasteiger partial charge in [0, 0.05) is 0 Å². The first-order chi connectivity index (χ1) is 19.8. The smallest absolute Gasteiger partial charge is 0.0196 e. The van der Waals surface area contributed by atoms with Crippen LogP contribution in [-0.4, -0.2) is 57.4 Å². The highest BCUT2D eigenvalue weighted by Crippen LogP contribution is 2.78. The van der Waals surface area contributed by atoms with Crippen molar-refractivity contribution in [2.75, 3.05) is 0 Å². The van der Waals surface area contributed by atoms with Gasteiger partial charge in [0.25, 0.3) is 0 Å². The third-order valence-electron chi connectivity index (χ3n) is 15.2. The monoisotopic (exact) mass is 740 g/mol. The van der Waals surface area contributed by atoms with Crippen LogP contribution in [0.5, 0.6) is 0 Å². The predicted octanol–water partition coefficient (Wildman–Crippen LogP) is 13.3. The van der Waals surface area contributed by atoms with Crippen molar-refractivity contribution in [1.82, 2.24) is 0 Å². The van der Waals surface area contributed by atoms with Gasteiger partial charge in [0.1, 0.15) is 0 Å². The summed E-state index contributed by atoms with van der Waals surface area (Å²) in [5, 5.41) is 0. The molecule has 0 bridgehead atoms. The normalized spacial score (nSPS) is 28.9. The van der Waals surface area contributed by atoms with Gasteiger partial charge in [-0.05, 0) is 14.2 Å². The van der Waals surface area contributed by atoms with Crippen molar-refractivity contribution in [3.8, 4) is 0 Å². The van der Waals surface area contributed by atoms with Gasteiger partial charge in [-0.15, -0.1) is 13.3 Å². The lowest BCUT2D eigenvalue weighted by Crippen LogP contribution is -3.21. The Labute approximate surface area is 288 Å². The minimum atomic E-state index is -1.69. The maximum atomic E-state index is 2.95. The Morgan fingerprint density at radius 3 is 0.523 bits per heavy atom. The minimum absolute atomic E-state index is 0.435. The van der Waals surface area contributed by atoms with E-state index in [4.69, 9.17) is 0 Å². The van der Waals surface area contributed by atoms with Gasteiger partial charge >= 0.3 is 0 Å². The second kappa shape index (κ2) is 13.5. The Balaban J connectivity index is 3.68. The Hall–Kier alpha value is 1.74. The van der Waals surface area contributed by atoms with E-state index in [9.17, 15) is 0 Å². The van der Waals surface area contributed by atoms with Crippen molar-refractivity contribution in [2.45, 2.75) is 233 Å². The van der Waals surface area contributed by atoms with Crippen molar-refractivity contribution in [3.05, 3.63) is 0 Å². The van der Waals surface area contributed by atoms with Gasteiger partial charge in [-0.25, -0.2) is 0 Å². The molecule has 8 heteroatoms. The van der Waals surface area contributed by atoms with Gasteiger partial charge in [-0.3, -0.25) is 15.7 Å². The second-order valence-electron chi connectivity index (χ2n) is 19.8. The van der Waals surface area contributed by atoms with E-state index in [1.165, 1.54) is 0 Å². The lowest BCUT2D eigenvalue weighted by molar-refractivity contribution is 0.866. The van der Waals surface area contributed by atoms with Crippen molar-refractivity contribution in [3.63, 3.8) is 0 Å². The lowest BCUT2D eigenvalue weighted by atomic mass is 10.5. The van der Waals surface area contributed by atoms with Crippen LogP contribution in [0.25, 0.3) is 0 Å². The third kappa shape index (κ3) is 4.15. The van der Waals surface area contributed by atoms with E-state index >= 15 is 0 Å². The zero-order chi connectivity index (χ0) is 35.1. The van der Waals surface area contributed by atoms with Crippen LogP contribution < -0.4 is 0 Å². The van der Waals surface area contributed by atoms with Crippen LogP contribution in [0.2, 0.25) is 66.5 Å². The molecule has 0 N–H and O–H groups in total. The van der Waals surface area contributed by atoms with E-state index in [0.29, 0.717) is 0 Å². The van der Waals surface area contributed by atoms with Crippen LogP contribution in [0.15, 0.2) is 0 Å². The first-order valence-electron chi connectivity index (χ1n) is 19.6. The quantitative estimate of drug-likeness (QED) is 0.165. The molecule has 2 fully saturated rings. The summed E-state index contributed by atoms with van der Waals surface area (Å²) >= 11 is 0. The van der Waals surface area contributed by atoms with E-state index in [2.05, 4.69) is 166 Å². The molecule has 2 atom stereocenters. The minimum Gasteiger partial charge on any atom is -0.259 e. The number of hydrogen-bond acceptors (Lipinski definition) is 0. The van der Waals surface area contributed by atoms with E-state index < -0.39 is 57.4 Å². The zero-order valence-corrected chi connectivity index (χ0v) is 42.9. The highest BCUT2D eigenvalue weighted by molar-refractivity contribution is 8.36. The molecular weight excluding hydrogens is 657 g/mol. The number of rotatable bonds is 13. The maximum Gasteiger partial charge on any atom is -0.0196 e. The summed E-state index contributed by atoms with van der Waals surface area (Å²) in [5.74, 6) is 0. The molecule has 0 aliphatic carbocycles. The first-order valence-corrected chi connectivity index (χ1v) is 44.5. The molecule has 2 aliphatic rings. The van der Waals surface area contributed by atoms with Crippen LogP contribution in [0.3, 0.4) is 0 Å². The fourth-order valence-corrected chi connectivity index (χ4v) is 464. The highest BCUT2D eigenvalue weighted by atomic mass is 30.5. The molecule has 2 saturated heterocycles. The maximum absolute atomic E-state index is 2.95. The van der Waals surface area contributed by atoms with Crippen LogP contribution in [-0.2, 0) is 0 Å². The number of hydrogen-bond donors (Lipinski definition) is 0. The molecule has 2 rings (SSSR count). The Morgan fingerprint density at radius 1 is 0.250 bits per heavy atom. The highest BCUT2D eigenvalue weighted by Gasteiger charge is 2.87. The molecule has 2 aliphatic heterocycles. The summed E-state index contributed by atoms with van der Waals surface area (Å²) < 4.78 is 0. The Morgan fingerprint density at radius 2 is 0.432 bits per heavy atom. The molecule has 0 aromatic rings. The summed E-state index contributed by atoms with van der Waals surface area (Å²) in [6.45, 7) is 65.4. The Kier molecular flexibility index (Phi) is 12.8. The van der Waals surface area contributed by atoms with Crippen molar-refractivity contribution in [2.24, 2.45) is 0 Å². The largest absolute Gasteiger partial charge is 0.259 e. The molecule has 0 amide bonds. The van der Waals surface area contributed by atoms with Crippen molar-refractivity contribution < 1.29 is 0 Å². The second-order valence-corrected chi connectivity index (χ2v) is 104. The van der Waals surface area contributed by atoms with Crippen LogP contribution in [0.1, 0.15) is 166 Å². The van der Waals surface area contributed by atoms with Crippen LogP contribution in [0, 0.1) is 0 Å². The van der Waals surface area contributed by atoms with E-state index in [1.807, 2.05) is 0 Å². The van der Waals surface area contributed by atoms with Gasteiger partial charge in [0.15, 0.2) is 0 Å². The average Bonchev–Trinajstić information content (AvgIpc) is 2.77. The molecule has 0 nitrogen and oxygen atoms in total. The molecule has 0 aromatic carbocycles. The summed E-state index contributed by atoms with van der Waals surface area (Å²) in [6.07, 6.45) is 0. The third-order valence-corrected chi connectivity index (χ3v) is 237. The molecular formula is C36H84Si8-2. The molecule has 0 unspecified atom stereocenters. The zero-order valence-electron chi connectivity index (χ0n) is 34.9. The summed E-state index contributed by atoms with van der Waals surface area (Å²) in [7, 11) is -7.29. The van der Waals surface area contributed by atoms with E-state index in [0.717, 1.165) is 66.5 Å². The fourth-order valence-electron chi connectivity index (χ4n) is 17.1. The standard InChI is InChI=1S/C36H84Si8/c1-25(2)37-39(27(5)6,28(7)8)41(31(13)14,32(15)16)43(37,35(21)22)44(36(23)24)38(26(3)4)40(29(9)10,30(11)12)42(44,33(17)18)34(19)20/h25-36H,1-24H3/q-2/t43-,44-/m1/s1. The molecule has 0 saturated carbocycles. The van der Waals surface area contributed by atoms with Gasteiger partial charge in [-0.1, -0.05) is 236 Å². The average molecular weight is 742 g/mol. The molecule has 44 heavy (non-hydrogen) atoms. The SMILES string of the molecule is CC(C)[Si-]1[Si](C(C)C)(C(C)C)[Si](C(C)C)(C(C)C)[Si@]1(C(C)C)[Si@]1(C(C)C)[Si-](C(C)C)[Si](C(C)C)(C(C)C)[Si]1(C(C)C)C(C)C. The molecule has 2 heterocycles. The molecule has 0 spiro atoms. The Bertz CT molecular complexity index is 869. The predicted molar refractivity (Wildman–Crippen MR) is 227 cm³/mol. The van der Waals surface area contributed by atoms with Crippen LogP contribution in [0.4, 0.5) is 0 Å². The molecule has 0 aromatic heterocycles. The van der Waals surface area contributed by atoms with Crippen molar-refractivity contribution in [1.29, 1.82) is 0 Å². The van der Waals surface area contributed by atoms with Gasteiger partial charge < -0.3 is 0 Å². The van der Waals surface area contributed by atoms with Gasteiger partial charge in [-0.2, -0.15) is 11.1 Å². The summed E-state index contributed by atoms with van der Waals surface area (Å²) in [5.41, 5.74) is 11.9. The van der Waals surface area contributed by atoms with E-state index in [-0.39, 0.29) is 0 Å². The first kappa shape index (κ1) is 41.9. The lowest BCUT2D eigenvalue weighted by Gasteiger charge is -3.07. The van der Waals surface area contributed by atoms with Gasteiger partial charge in [0.05, 0.1) is 0 Å². The molecule has 262 valence electrons. The van der Waals surface area contributed by atoms with Crippen molar-refractivity contribution >= 4 is 57.4 Å². The summed E-state index contributed by atoms with van der Waals surface area (Å²) in [6, 6.07) is 0. The van der Waals surface area contributed by atoms with Crippen LogP contribution >= 0.6 is 0 Å².